The van der Waals surface area contributed by atoms with Gasteiger partial charge in [-0.1, -0.05) is 17.3 Å². The average Bonchev–Trinajstić information content (AvgIpc) is 2.96. The normalized spacial score (nSPS) is 18.0. The Morgan fingerprint density at radius 3 is 2.43 bits per heavy atom. The Kier molecular flexibility index (Phi) is 3.89. The van der Waals surface area contributed by atoms with E-state index in [2.05, 4.69) is 10.3 Å². The van der Waals surface area contributed by atoms with Gasteiger partial charge in [0.1, 0.15) is 0 Å². The fourth-order valence-corrected chi connectivity index (χ4v) is 2.81. The quantitative estimate of drug-likeness (QED) is 0.810. The molecule has 5 nitrogen and oxygen atoms in total. The van der Waals surface area contributed by atoms with Gasteiger partial charge < -0.3 is 9.47 Å². The summed E-state index contributed by atoms with van der Waals surface area (Å²) in [6.07, 6.45) is -1.72. The predicted octanol–water partition coefficient (Wildman–Crippen LogP) is 3.15. The Hall–Kier alpha value is -1.93. The van der Waals surface area contributed by atoms with E-state index in [0.717, 1.165) is 10.7 Å². The molecular weight excluding hydrogens is 311 g/mol. The molecule has 1 saturated carbocycles. The summed E-state index contributed by atoms with van der Waals surface area (Å²) in [6, 6.07) is 5.29. The monoisotopic (exact) mass is 327 g/mol. The fraction of sp³-hybridized carbons (Fsp3) is 0.467. The zero-order chi connectivity index (χ0) is 16.7. The Labute approximate surface area is 131 Å². The smallest absolute Gasteiger partial charge is 0.353 e. The van der Waals surface area contributed by atoms with Gasteiger partial charge in [-0.3, -0.25) is 0 Å². The maximum absolute atomic E-state index is 13.1. The first-order chi connectivity index (χ1) is 10.9. The van der Waals surface area contributed by atoms with Crippen molar-refractivity contribution in [2.24, 2.45) is 0 Å². The molecule has 124 valence electrons. The molecule has 1 aromatic carbocycles. The third-order valence-corrected chi connectivity index (χ3v) is 4.24. The SMILES string of the molecule is COC1(OC)CC(c2cn(-c3ccccc3C(F)(F)F)nn2)C1. The lowest BCUT2D eigenvalue weighted by Gasteiger charge is -2.44. The first-order valence-electron chi connectivity index (χ1n) is 7.08. The van der Waals surface area contributed by atoms with Crippen LogP contribution in [-0.4, -0.2) is 35.0 Å². The molecule has 0 unspecified atom stereocenters. The summed E-state index contributed by atoms with van der Waals surface area (Å²) in [6.45, 7) is 0. The second kappa shape index (κ2) is 5.61. The summed E-state index contributed by atoms with van der Waals surface area (Å²) in [5.41, 5.74) is -0.150. The molecule has 1 heterocycles. The zero-order valence-electron chi connectivity index (χ0n) is 12.7. The summed E-state index contributed by atoms with van der Waals surface area (Å²) >= 11 is 0. The molecule has 0 saturated heterocycles. The van der Waals surface area contributed by atoms with Crippen LogP contribution in [0.25, 0.3) is 5.69 Å². The number of benzene rings is 1. The van der Waals surface area contributed by atoms with E-state index in [1.54, 1.807) is 14.2 Å². The molecule has 0 bridgehead atoms. The summed E-state index contributed by atoms with van der Waals surface area (Å²) in [7, 11) is 3.13. The minimum Gasteiger partial charge on any atom is -0.353 e. The molecule has 0 spiro atoms. The Morgan fingerprint density at radius 1 is 1.17 bits per heavy atom. The lowest BCUT2D eigenvalue weighted by molar-refractivity contribution is -0.258. The molecule has 1 aromatic heterocycles. The van der Waals surface area contributed by atoms with Gasteiger partial charge in [0.05, 0.1) is 23.1 Å². The van der Waals surface area contributed by atoms with Gasteiger partial charge in [0.15, 0.2) is 5.79 Å². The molecule has 1 aliphatic carbocycles. The van der Waals surface area contributed by atoms with E-state index in [1.807, 2.05) is 0 Å². The first kappa shape index (κ1) is 15.9. The van der Waals surface area contributed by atoms with E-state index in [9.17, 15) is 13.2 Å². The molecule has 23 heavy (non-hydrogen) atoms. The first-order valence-corrected chi connectivity index (χ1v) is 7.08. The van der Waals surface area contributed by atoms with Crippen molar-refractivity contribution >= 4 is 0 Å². The van der Waals surface area contributed by atoms with E-state index in [1.165, 1.54) is 24.4 Å². The average molecular weight is 327 g/mol. The lowest BCUT2D eigenvalue weighted by atomic mass is 9.77. The molecule has 1 aliphatic rings. The zero-order valence-corrected chi connectivity index (χ0v) is 12.7. The van der Waals surface area contributed by atoms with Gasteiger partial charge in [0.2, 0.25) is 0 Å². The highest BCUT2D eigenvalue weighted by Crippen LogP contribution is 2.46. The minimum atomic E-state index is -4.44. The van der Waals surface area contributed by atoms with Gasteiger partial charge in [0, 0.05) is 33.0 Å². The van der Waals surface area contributed by atoms with Crippen molar-refractivity contribution in [3.05, 3.63) is 41.7 Å². The predicted molar refractivity (Wildman–Crippen MR) is 75.1 cm³/mol. The Bertz CT molecular complexity index is 687. The van der Waals surface area contributed by atoms with Gasteiger partial charge in [-0.15, -0.1) is 5.10 Å². The maximum atomic E-state index is 13.1. The van der Waals surface area contributed by atoms with Crippen molar-refractivity contribution in [2.45, 2.75) is 30.7 Å². The van der Waals surface area contributed by atoms with Crippen LogP contribution >= 0.6 is 0 Å². The van der Waals surface area contributed by atoms with Crippen LogP contribution < -0.4 is 0 Å². The molecule has 1 fully saturated rings. The number of aromatic nitrogens is 3. The van der Waals surface area contributed by atoms with Crippen LogP contribution in [0.15, 0.2) is 30.5 Å². The number of methoxy groups -OCH3 is 2. The van der Waals surface area contributed by atoms with Crippen LogP contribution in [0, 0.1) is 0 Å². The van der Waals surface area contributed by atoms with Crippen molar-refractivity contribution in [2.75, 3.05) is 14.2 Å². The summed E-state index contributed by atoms with van der Waals surface area (Å²) in [5, 5.41) is 7.85. The molecule has 8 heteroatoms. The van der Waals surface area contributed by atoms with Crippen molar-refractivity contribution in [1.29, 1.82) is 0 Å². The third-order valence-electron chi connectivity index (χ3n) is 4.24. The molecule has 0 radical (unpaired) electrons. The van der Waals surface area contributed by atoms with Crippen LogP contribution in [0.3, 0.4) is 0 Å². The maximum Gasteiger partial charge on any atom is 0.418 e. The topological polar surface area (TPSA) is 49.2 Å². The highest BCUT2D eigenvalue weighted by atomic mass is 19.4. The van der Waals surface area contributed by atoms with E-state index in [0.29, 0.717) is 18.5 Å². The second-order valence-corrected chi connectivity index (χ2v) is 5.53. The summed E-state index contributed by atoms with van der Waals surface area (Å²) < 4.78 is 51.0. The molecule has 0 aliphatic heterocycles. The highest BCUT2D eigenvalue weighted by molar-refractivity contribution is 5.42. The number of nitrogens with zero attached hydrogens (tertiary/aromatic N) is 3. The number of alkyl halides is 3. The Morgan fingerprint density at radius 2 is 1.83 bits per heavy atom. The number of hydrogen-bond acceptors (Lipinski definition) is 4. The van der Waals surface area contributed by atoms with Crippen LogP contribution in [0.2, 0.25) is 0 Å². The molecule has 3 rings (SSSR count). The molecule has 2 aromatic rings. The number of hydrogen-bond donors (Lipinski definition) is 0. The van der Waals surface area contributed by atoms with Gasteiger partial charge in [-0.05, 0) is 12.1 Å². The van der Waals surface area contributed by atoms with E-state index >= 15 is 0 Å². The summed E-state index contributed by atoms with van der Waals surface area (Å²) in [4.78, 5) is 0. The van der Waals surface area contributed by atoms with Crippen molar-refractivity contribution in [3.63, 3.8) is 0 Å². The molecule has 0 atom stereocenters. The van der Waals surface area contributed by atoms with Crippen LogP contribution in [0.1, 0.15) is 30.0 Å². The fourth-order valence-electron chi connectivity index (χ4n) is 2.81. The second-order valence-electron chi connectivity index (χ2n) is 5.53. The molecule has 0 amide bonds. The van der Waals surface area contributed by atoms with Crippen LogP contribution in [0.5, 0.6) is 0 Å². The Balaban J connectivity index is 1.85. The van der Waals surface area contributed by atoms with Gasteiger partial charge in [0.25, 0.3) is 0 Å². The van der Waals surface area contributed by atoms with E-state index in [-0.39, 0.29) is 11.6 Å². The number of halogens is 3. The van der Waals surface area contributed by atoms with E-state index in [4.69, 9.17) is 9.47 Å². The number of rotatable bonds is 4. The molecular formula is C15H16F3N3O2. The lowest BCUT2D eigenvalue weighted by Crippen LogP contribution is -2.46. The van der Waals surface area contributed by atoms with Gasteiger partial charge >= 0.3 is 6.18 Å². The number of para-hydroxylation sites is 1. The largest absolute Gasteiger partial charge is 0.418 e. The van der Waals surface area contributed by atoms with Crippen LogP contribution in [0.4, 0.5) is 13.2 Å². The van der Waals surface area contributed by atoms with Crippen molar-refractivity contribution in [3.8, 4) is 5.69 Å². The highest BCUT2D eigenvalue weighted by Gasteiger charge is 2.47. The van der Waals surface area contributed by atoms with Crippen molar-refractivity contribution in [1.82, 2.24) is 15.0 Å². The summed E-state index contributed by atoms with van der Waals surface area (Å²) in [5.74, 6) is -0.570. The minimum absolute atomic E-state index is 0.0391. The molecule has 0 N–H and O–H groups in total. The van der Waals surface area contributed by atoms with Crippen LogP contribution in [-0.2, 0) is 15.7 Å². The third kappa shape index (κ3) is 2.84. The van der Waals surface area contributed by atoms with Gasteiger partial charge in [-0.2, -0.15) is 13.2 Å². The van der Waals surface area contributed by atoms with E-state index < -0.39 is 17.5 Å². The number of ether oxygens (including phenoxy) is 2. The standard InChI is InChI=1S/C15H16F3N3O2/c1-22-14(23-2)7-10(8-14)12-9-21(20-19-12)13-6-4-3-5-11(13)15(16,17)18/h3-6,9-10H,7-8H2,1-2H3. The van der Waals surface area contributed by atoms with Gasteiger partial charge in [-0.25, -0.2) is 4.68 Å². The van der Waals surface area contributed by atoms with Crippen molar-refractivity contribution < 1.29 is 22.6 Å².